The first-order chi connectivity index (χ1) is 15.4. The average Bonchev–Trinajstić information content (AvgIpc) is 3.13. The second-order valence-corrected chi connectivity index (χ2v) is 8.31. The summed E-state index contributed by atoms with van der Waals surface area (Å²) in [7, 11) is 0. The van der Waals surface area contributed by atoms with Crippen LogP contribution in [0.15, 0.2) is 58.0 Å². The van der Waals surface area contributed by atoms with Crippen molar-refractivity contribution < 1.29 is 14.0 Å². The molecule has 1 aliphatic carbocycles. The number of benzene rings is 2. The van der Waals surface area contributed by atoms with Gasteiger partial charge in [-0.15, -0.1) is 0 Å². The van der Waals surface area contributed by atoms with Crippen LogP contribution in [0.4, 0.5) is 5.69 Å². The zero-order valence-electron chi connectivity index (χ0n) is 18.0. The highest BCUT2D eigenvalue weighted by Crippen LogP contribution is 2.31. The first kappa shape index (κ1) is 21.8. The molecule has 1 aliphatic rings. The number of carbonyl (C=O) groups is 2. The third kappa shape index (κ3) is 4.75. The van der Waals surface area contributed by atoms with Crippen molar-refractivity contribution in [3.8, 4) is 0 Å². The molecule has 32 heavy (non-hydrogen) atoms. The topological polar surface area (TPSA) is 83.7 Å². The molecule has 7 heteroatoms. The van der Waals surface area contributed by atoms with Gasteiger partial charge in [0.2, 0.25) is 5.91 Å². The van der Waals surface area contributed by atoms with Crippen LogP contribution in [0.2, 0.25) is 5.02 Å². The Morgan fingerprint density at radius 1 is 1.09 bits per heavy atom. The third-order valence-corrected chi connectivity index (χ3v) is 5.74. The molecule has 0 bridgehead atoms. The predicted molar refractivity (Wildman–Crippen MR) is 125 cm³/mol. The molecule has 0 atom stereocenters. The van der Waals surface area contributed by atoms with Crippen LogP contribution in [0, 0.1) is 13.8 Å². The second kappa shape index (κ2) is 9.40. The highest BCUT2D eigenvalue weighted by atomic mass is 35.5. The normalized spacial score (nSPS) is 14.2. The van der Waals surface area contributed by atoms with Gasteiger partial charge in [0.25, 0.3) is 5.91 Å². The van der Waals surface area contributed by atoms with Gasteiger partial charge >= 0.3 is 0 Å². The fourth-order valence-electron chi connectivity index (χ4n) is 3.86. The van der Waals surface area contributed by atoms with Crippen molar-refractivity contribution in [2.45, 2.75) is 39.5 Å². The van der Waals surface area contributed by atoms with Gasteiger partial charge in [0.1, 0.15) is 5.76 Å². The largest absolute Gasteiger partial charge is 0.455 e. The Morgan fingerprint density at radius 3 is 2.66 bits per heavy atom. The van der Waals surface area contributed by atoms with Crippen LogP contribution in [-0.2, 0) is 17.6 Å². The Morgan fingerprint density at radius 2 is 1.88 bits per heavy atom. The van der Waals surface area contributed by atoms with Crippen LogP contribution in [-0.4, -0.2) is 17.5 Å². The lowest BCUT2D eigenvalue weighted by Gasteiger charge is -2.13. The van der Waals surface area contributed by atoms with Crippen molar-refractivity contribution >= 4 is 34.8 Å². The van der Waals surface area contributed by atoms with Crippen molar-refractivity contribution in [2.24, 2.45) is 5.10 Å². The van der Waals surface area contributed by atoms with Crippen LogP contribution in [0.5, 0.6) is 0 Å². The number of anilines is 1. The molecule has 2 aromatic carbocycles. The zero-order valence-corrected chi connectivity index (χ0v) is 18.8. The molecule has 164 valence electrons. The first-order valence-corrected chi connectivity index (χ1v) is 10.9. The minimum absolute atomic E-state index is 0.189. The molecule has 4 rings (SSSR count). The molecule has 0 saturated carbocycles. The molecule has 0 spiro atoms. The summed E-state index contributed by atoms with van der Waals surface area (Å²) in [4.78, 5) is 25.2. The van der Waals surface area contributed by atoms with Gasteiger partial charge in [0.05, 0.1) is 12.1 Å². The van der Waals surface area contributed by atoms with Gasteiger partial charge in [0, 0.05) is 28.3 Å². The van der Waals surface area contributed by atoms with Gasteiger partial charge in [-0.1, -0.05) is 48.0 Å². The number of hydrogen-bond donors (Lipinski definition) is 2. The Kier molecular flexibility index (Phi) is 6.42. The zero-order chi connectivity index (χ0) is 22.7. The van der Waals surface area contributed by atoms with Crippen molar-refractivity contribution in [2.75, 3.05) is 5.32 Å². The second-order valence-electron chi connectivity index (χ2n) is 7.88. The standard InChI is InChI=1S/C25H24ClN3O3/c1-15-11-12-18(26)14-20(15)27-25(31)24-16(2)23-19(9-6-10-21(23)32-24)28-29-22(30)13-17-7-4-3-5-8-17/h3-5,7-8,11-12,14H,6,9-10,13H2,1-2H3,(H,27,31)(H,29,30)/b28-19+. The molecular weight excluding hydrogens is 426 g/mol. The lowest BCUT2D eigenvalue weighted by molar-refractivity contribution is -0.120. The van der Waals surface area contributed by atoms with Crippen molar-refractivity contribution in [3.63, 3.8) is 0 Å². The molecule has 2 N–H and O–H groups in total. The van der Waals surface area contributed by atoms with Crippen LogP contribution in [0.3, 0.4) is 0 Å². The van der Waals surface area contributed by atoms with E-state index in [0.717, 1.165) is 41.0 Å². The summed E-state index contributed by atoms with van der Waals surface area (Å²) in [6.45, 7) is 3.74. The number of nitrogens with zero attached hydrogens (tertiary/aromatic N) is 1. The van der Waals surface area contributed by atoms with Gasteiger partial charge in [0.15, 0.2) is 5.76 Å². The van der Waals surface area contributed by atoms with E-state index in [2.05, 4.69) is 15.8 Å². The van der Waals surface area contributed by atoms with E-state index in [-0.39, 0.29) is 24.0 Å². The minimum Gasteiger partial charge on any atom is -0.455 e. The number of carbonyl (C=O) groups excluding carboxylic acids is 2. The summed E-state index contributed by atoms with van der Waals surface area (Å²) in [6.07, 6.45) is 2.51. The molecule has 0 unspecified atom stereocenters. The number of furan rings is 1. The van der Waals surface area contributed by atoms with E-state index < -0.39 is 0 Å². The summed E-state index contributed by atoms with van der Waals surface area (Å²) >= 11 is 6.07. The number of hydrazone groups is 1. The highest BCUT2D eigenvalue weighted by molar-refractivity contribution is 6.31. The molecule has 0 fully saturated rings. The molecule has 6 nitrogen and oxygen atoms in total. The Labute approximate surface area is 191 Å². The molecule has 1 aromatic heterocycles. The number of hydrogen-bond acceptors (Lipinski definition) is 4. The van der Waals surface area contributed by atoms with Crippen molar-refractivity contribution in [1.29, 1.82) is 0 Å². The van der Waals surface area contributed by atoms with E-state index in [0.29, 0.717) is 22.7 Å². The van der Waals surface area contributed by atoms with Gasteiger partial charge < -0.3 is 9.73 Å². The lowest BCUT2D eigenvalue weighted by Crippen LogP contribution is -2.23. The van der Waals surface area contributed by atoms with E-state index in [1.54, 1.807) is 12.1 Å². The summed E-state index contributed by atoms with van der Waals surface area (Å²) in [5, 5.41) is 7.80. The highest BCUT2D eigenvalue weighted by Gasteiger charge is 2.28. The molecule has 0 aliphatic heterocycles. The Hall–Kier alpha value is -3.38. The summed E-state index contributed by atoms with van der Waals surface area (Å²) < 4.78 is 5.94. The van der Waals surface area contributed by atoms with Crippen LogP contribution in [0.25, 0.3) is 0 Å². The monoisotopic (exact) mass is 449 g/mol. The summed E-state index contributed by atoms with van der Waals surface area (Å²) in [5.41, 5.74) is 7.37. The van der Waals surface area contributed by atoms with Crippen LogP contribution < -0.4 is 10.7 Å². The van der Waals surface area contributed by atoms with Crippen molar-refractivity contribution in [3.05, 3.63) is 87.3 Å². The minimum atomic E-state index is -0.338. The van der Waals surface area contributed by atoms with Gasteiger partial charge in [-0.3, -0.25) is 9.59 Å². The van der Waals surface area contributed by atoms with Crippen molar-refractivity contribution in [1.82, 2.24) is 5.43 Å². The average molecular weight is 450 g/mol. The molecule has 3 aromatic rings. The maximum atomic E-state index is 12.9. The molecular formula is C25H24ClN3O3. The van der Waals surface area contributed by atoms with Crippen LogP contribution >= 0.6 is 11.6 Å². The van der Waals surface area contributed by atoms with E-state index in [1.807, 2.05) is 50.2 Å². The number of halogens is 1. The lowest BCUT2D eigenvalue weighted by atomic mass is 9.93. The Balaban J connectivity index is 1.53. The van der Waals surface area contributed by atoms with Gasteiger partial charge in [-0.2, -0.15) is 5.10 Å². The molecule has 2 amide bonds. The van der Waals surface area contributed by atoms with E-state index in [9.17, 15) is 9.59 Å². The van der Waals surface area contributed by atoms with E-state index in [1.165, 1.54) is 0 Å². The number of amides is 2. The van der Waals surface area contributed by atoms with Gasteiger partial charge in [-0.05, 0) is 49.9 Å². The van der Waals surface area contributed by atoms with Crippen LogP contribution in [0.1, 0.15) is 51.4 Å². The maximum Gasteiger partial charge on any atom is 0.291 e. The predicted octanol–water partition coefficient (Wildman–Crippen LogP) is 5.20. The number of rotatable bonds is 5. The molecule has 0 saturated heterocycles. The van der Waals surface area contributed by atoms with Gasteiger partial charge in [-0.25, -0.2) is 5.43 Å². The summed E-state index contributed by atoms with van der Waals surface area (Å²) in [6, 6.07) is 14.8. The molecule has 0 radical (unpaired) electrons. The SMILES string of the molecule is Cc1ccc(Cl)cc1NC(=O)c1oc2c(c1C)/C(=N/NC(=O)Cc1ccccc1)CCC2. The van der Waals surface area contributed by atoms with E-state index in [4.69, 9.17) is 16.0 Å². The third-order valence-electron chi connectivity index (χ3n) is 5.50. The first-order valence-electron chi connectivity index (χ1n) is 10.5. The number of fused-ring (bicyclic) bond motifs is 1. The summed E-state index contributed by atoms with van der Waals surface area (Å²) in [5.74, 6) is 0.443. The number of nitrogens with one attached hydrogen (secondary N) is 2. The van der Waals surface area contributed by atoms with E-state index >= 15 is 0 Å². The quantitative estimate of drug-likeness (QED) is 0.525. The smallest absolute Gasteiger partial charge is 0.291 e. The fraction of sp³-hybridized carbons (Fsp3) is 0.240. The maximum absolute atomic E-state index is 12.9. The number of aryl methyl sites for hydroxylation is 2. The Bertz CT molecular complexity index is 1200. The molecule has 1 heterocycles. The fourth-order valence-corrected chi connectivity index (χ4v) is 4.03.